The lowest BCUT2D eigenvalue weighted by Crippen LogP contribution is -2.57. The average molecular weight is 1370 g/mol. The highest BCUT2D eigenvalue weighted by atomic mass is 35.5. The van der Waals surface area contributed by atoms with Crippen molar-refractivity contribution < 1.29 is 42.4 Å². The Bertz CT molecular complexity index is 4140. The molecule has 3 fully saturated rings. The number of fused-ring (bicyclic) bond motifs is 1. The third-order valence-electron chi connectivity index (χ3n) is 18.8. The van der Waals surface area contributed by atoms with Crippen LogP contribution in [0.5, 0.6) is 11.5 Å². The highest BCUT2D eigenvalue weighted by Crippen LogP contribution is 2.44. The number of aliphatic hydroxyl groups is 1. The number of nitro groups is 1. The number of allylic oxidation sites excluding steroid dienone is 1. The molecule has 1 aliphatic carbocycles. The van der Waals surface area contributed by atoms with E-state index in [9.17, 15) is 42.8 Å². The van der Waals surface area contributed by atoms with Gasteiger partial charge in [0.05, 0.1) is 43.8 Å². The Labute approximate surface area is 569 Å². The van der Waals surface area contributed by atoms with Crippen LogP contribution in [0.1, 0.15) is 113 Å². The summed E-state index contributed by atoms with van der Waals surface area (Å²) in [5, 5.41) is 33.9. The topological polar surface area (TPSA) is 278 Å². The summed E-state index contributed by atoms with van der Waals surface area (Å²) in [4.78, 5) is 88.5. The maximum absolute atomic E-state index is 14.3. The number of aliphatic hydroxyl groups excluding tert-OH is 1. The average Bonchev–Trinajstić information content (AvgIpc) is 1.18. The van der Waals surface area contributed by atoms with Crippen LogP contribution in [0.4, 0.5) is 17.1 Å². The molecule has 508 valence electrons. The summed E-state index contributed by atoms with van der Waals surface area (Å²) in [5.74, 6) is -1.69. The third-order valence-corrected chi connectivity index (χ3v) is 21.4. The Kier molecular flexibility index (Phi) is 21.3. The van der Waals surface area contributed by atoms with Crippen molar-refractivity contribution in [2.24, 2.45) is 16.7 Å². The van der Waals surface area contributed by atoms with E-state index in [0.717, 1.165) is 97.1 Å². The van der Waals surface area contributed by atoms with E-state index in [1.807, 2.05) is 70.2 Å². The van der Waals surface area contributed by atoms with Gasteiger partial charge in [0.2, 0.25) is 17.7 Å². The van der Waals surface area contributed by atoms with E-state index in [-0.39, 0.29) is 66.1 Å². The number of hydrogen-bond acceptors (Lipinski definition) is 17. The number of β-amino-alcohol motifs (C(OH)–C–C–N with tert-alkyl or cyclic N) is 1. The number of hydrogen-bond donors (Lipinski definition) is 6. The molecule has 0 radical (unpaired) electrons. The summed E-state index contributed by atoms with van der Waals surface area (Å²) in [7, 11) is -4.68. The molecule has 22 nitrogen and oxygen atoms in total. The third kappa shape index (κ3) is 16.9. The number of halogens is 1. The van der Waals surface area contributed by atoms with Gasteiger partial charge in [-0.3, -0.25) is 34.2 Å². The smallest absolute Gasteiger partial charge is 0.293 e. The second kappa shape index (κ2) is 29.6. The van der Waals surface area contributed by atoms with Crippen LogP contribution in [0.3, 0.4) is 0 Å². The Hall–Kier alpha value is -8.26. The van der Waals surface area contributed by atoms with Gasteiger partial charge < -0.3 is 45.5 Å². The molecule has 4 atom stereocenters. The number of thiazole rings is 1. The molecule has 11 rings (SSSR count). The molecule has 96 heavy (non-hydrogen) atoms. The number of nitrogens with zero attached hydrogens (tertiary/aromatic N) is 7. The first-order valence-electron chi connectivity index (χ1n) is 32.9. The number of piperidine rings is 1. The molecule has 0 bridgehead atoms. The van der Waals surface area contributed by atoms with Crippen molar-refractivity contribution in [2.75, 3.05) is 75.7 Å². The van der Waals surface area contributed by atoms with Crippen LogP contribution in [0.2, 0.25) is 5.02 Å². The number of ether oxygens (including phenoxy) is 1. The van der Waals surface area contributed by atoms with Crippen molar-refractivity contribution in [2.45, 2.75) is 123 Å². The van der Waals surface area contributed by atoms with Crippen LogP contribution in [0.15, 0.2) is 125 Å². The van der Waals surface area contributed by atoms with Gasteiger partial charge in [-0.05, 0) is 146 Å². The predicted molar refractivity (Wildman–Crippen MR) is 374 cm³/mol. The number of sulfonamides is 1. The van der Waals surface area contributed by atoms with Crippen molar-refractivity contribution in [3.63, 3.8) is 0 Å². The minimum Gasteiger partial charge on any atom is -0.455 e. The molecular formula is C71H85ClN12O10S2. The van der Waals surface area contributed by atoms with Gasteiger partial charge in [-0.25, -0.2) is 23.1 Å². The second-order valence-corrected chi connectivity index (χ2v) is 30.6. The van der Waals surface area contributed by atoms with E-state index < -0.39 is 60.9 Å². The van der Waals surface area contributed by atoms with Crippen molar-refractivity contribution in [1.29, 1.82) is 0 Å². The van der Waals surface area contributed by atoms with Crippen molar-refractivity contribution in [3.8, 4) is 21.9 Å². The summed E-state index contributed by atoms with van der Waals surface area (Å²) in [6, 6.07) is 26.2. The number of carbonyl (C=O) groups excluding carboxylic acids is 4. The number of aryl methyl sites for hydroxylation is 1. The Balaban J connectivity index is 0.679. The van der Waals surface area contributed by atoms with E-state index in [1.165, 1.54) is 46.0 Å². The van der Waals surface area contributed by atoms with Gasteiger partial charge in [-0.15, -0.1) is 11.3 Å². The van der Waals surface area contributed by atoms with E-state index in [1.54, 1.807) is 41.2 Å². The normalized spacial score (nSPS) is 19.1. The zero-order valence-corrected chi connectivity index (χ0v) is 57.5. The van der Waals surface area contributed by atoms with E-state index in [2.05, 4.69) is 76.3 Å². The Morgan fingerprint density at radius 3 is 2.42 bits per heavy atom. The van der Waals surface area contributed by atoms with Gasteiger partial charge in [0.1, 0.15) is 34.9 Å². The SMILES string of the molecule is Cc1ncsc1-c1ccc(CNC(=O)[C@@H]2C[C@@H](O)CN2C(=O)[C@@H](NC(=O)CCCN2CCCC(CNc3ccc(S(=O)(=O)NC(=O)c4ccc(N5CCN(CC6=C(c7ccc(Cl)cc7)CC(C)(C)CC6)CC5)cc4Oc4cnc5[nH]ccc5c4)cc3[N+](=O)[O-])C2)C(C)(C)C)cc1. The molecule has 4 amide bonds. The molecular weight excluding hydrogens is 1280 g/mol. The summed E-state index contributed by atoms with van der Waals surface area (Å²) in [6.07, 6.45) is 7.82. The van der Waals surface area contributed by atoms with Crippen molar-refractivity contribution in [1.82, 2.24) is 45.0 Å². The van der Waals surface area contributed by atoms with Crippen molar-refractivity contribution >= 4 is 90.3 Å². The molecule has 4 aliphatic rings. The number of benzene rings is 4. The van der Waals surface area contributed by atoms with Gasteiger partial charge in [-0.2, -0.15) is 0 Å². The summed E-state index contributed by atoms with van der Waals surface area (Å²) in [5.41, 5.74) is 9.13. The molecule has 25 heteroatoms. The first kappa shape index (κ1) is 69.1. The molecule has 0 spiro atoms. The van der Waals surface area contributed by atoms with E-state index in [4.69, 9.17) is 16.3 Å². The number of piperazine rings is 1. The summed E-state index contributed by atoms with van der Waals surface area (Å²) < 4.78 is 36.7. The van der Waals surface area contributed by atoms with E-state index in [0.29, 0.717) is 55.6 Å². The minimum atomic E-state index is -4.68. The quantitative estimate of drug-likeness (QED) is 0.0256. The highest BCUT2D eigenvalue weighted by Gasteiger charge is 2.45. The highest BCUT2D eigenvalue weighted by molar-refractivity contribution is 7.90. The summed E-state index contributed by atoms with van der Waals surface area (Å²) >= 11 is 7.84. The number of rotatable bonds is 23. The van der Waals surface area contributed by atoms with Crippen LogP contribution in [0, 0.1) is 33.8 Å². The number of H-pyrrole nitrogens is 1. The van der Waals surface area contributed by atoms with Crippen LogP contribution in [-0.4, -0.2) is 155 Å². The van der Waals surface area contributed by atoms with Gasteiger partial charge in [0, 0.05) is 106 Å². The lowest BCUT2D eigenvalue weighted by molar-refractivity contribution is -0.384. The molecule has 3 saturated heterocycles. The molecule has 1 unspecified atom stereocenters. The van der Waals surface area contributed by atoms with Gasteiger partial charge >= 0.3 is 0 Å². The lowest BCUT2D eigenvalue weighted by Gasteiger charge is -2.39. The standard InChI is InChI=1S/C71H85ClN12O10S2/c1-45-64(95-44-77-45)49-13-11-46(12-14-49)38-76-68(88)61-35-54(85)43-83(61)69(89)65(70(2,3)4)78-63(86)10-8-28-80-27-7-9-47(41-80)39-74-59-22-20-56(36-60(59)84(90)91)96(92,93)79-67(87)57-21-19-53(34-62(57)94-55-33-50-24-26-73-66(50)75-40-55)82-31-29-81(30-32-82)42-51-23-25-71(5,6)37-58(51)48-15-17-52(72)18-16-48/h11-22,24,26,33-34,36,40,44,47,54,61,65,74,85H,7-10,23,25,27-32,35,37-39,41-43H2,1-6H3,(H,73,75)(H,76,88)(H,78,86)(H,79,87)/t47?,54-,61+,65-/m1/s1. The molecule has 3 aliphatic heterocycles. The fraction of sp³-hybridized carbons (Fsp3) is 0.437. The fourth-order valence-electron chi connectivity index (χ4n) is 13.4. The molecule has 7 aromatic rings. The van der Waals surface area contributed by atoms with Crippen LogP contribution < -0.4 is 30.3 Å². The zero-order chi connectivity index (χ0) is 68.1. The number of nitro benzene ring substituents is 1. The monoisotopic (exact) mass is 1360 g/mol. The molecule has 6 N–H and O–H groups in total. The minimum absolute atomic E-state index is 0.0403. The fourth-order valence-corrected chi connectivity index (χ4v) is 15.4. The Morgan fingerprint density at radius 2 is 1.69 bits per heavy atom. The molecule has 0 saturated carbocycles. The second-order valence-electron chi connectivity index (χ2n) is 27.7. The van der Waals surface area contributed by atoms with Crippen LogP contribution >= 0.6 is 22.9 Å². The number of anilines is 2. The van der Waals surface area contributed by atoms with Gasteiger partial charge in [0.15, 0.2) is 0 Å². The summed E-state index contributed by atoms with van der Waals surface area (Å²) in [6.45, 7) is 18.5. The largest absolute Gasteiger partial charge is 0.455 e. The number of aromatic amines is 1. The number of pyridine rings is 1. The first-order valence-corrected chi connectivity index (χ1v) is 35.6. The maximum Gasteiger partial charge on any atom is 0.293 e. The molecule has 6 heterocycles. The van der Waals surface area contributed by atoms with Gasteiger partial charge in [-0.1, -0.05) is 88.2 Å². The van der Waals surface area contributed by atoms with E-state index >= 15 is 0 Å². The number of amides is 4. The number of carbonyl (C=O) groups is 4. The zero-order valence-electron chi connectivity index (χ0n) is 55.2. The number of likely N-dealkylation sites (tertiary alicyclic amines) is 2. The lowest BCUT2D eigenvalue weighted by atomic mass is 9.72. The van der Waals surface area contributed by atoms with Crippen molar-refractivity contribution in [3.05, 3.63) is 158 Å². The number of nitrogens with one attached hydrogen (secondary N) is 5. The first-order chi connectivity index (χ1) is 45.8. The predicted octanol–water partition coefficient (Wildman–Crippen LogP) is 11.0. The molecule has 3 aromatic heterocycles. The van der Waals surface area contributed by atoms with Crippen LogP contribution in [0.25, 0.3) is 27.0 Å². The van der Waals surface area contributed by atoms with Gasteiger partial charge in [0.25, 0.3) is 21.6 Å². The number of aromatic nitrogens is 3. The maximum atomic E-state index is 14.3. The molecule has 4 aromatic carbocycles. The Morgan fingerprint density at radius 1 is 0.927 bits per heavy atom. The van der Waals surface area contributed by atoms with Crippen LogP contribution in [-0.2, 0) is 31.0 Å².